The van der Waals surface area contributed by atoms with Crippen LogP contribution in [0.4, 0.5) is 0 Å². The fourth-order valence-electron chi connectivity index (χ4n) is 3.29. The Hall–Kier alpha value is -3.49. The van der Waals surface area contributed by atoms with Gasteiger partial charge >= 0.3 is 0 Å². The molecule has 2 N–H and O–H groups in total. The minimum absolute atomic E-state index is 0.0731. The largest absolute Gasteiger partial charge is 0.457 e. The molecule has 0 aliphatic rings. The highest BCUT2D eigenvalue weighted by molar-refractivity contribution is 7.89. The third-order valence-electron chi connectivity index (χ3n) is 5.13. The van der Waals surface area contributed by atoms with E-state index < -0.39 is 34.3 Å². The Balaban J connectivity index is 1.71. The van der Waals surface area contributed by atoms with Gasteiger partial charge in [-0.1, -0.05) is 68.3 Å². The fourth-order valence-corrected chi connectivity index (χ4v) is 4.30. The highest BCUT2D eigenvalue weighted by Crippen LogP contribution is 2.25. The van der Waals surface area contributed by atoms with Crippen molar-refractivity contribution in [3.05, 3.63) is 90.5 Å². The lowest BCUT2D eigenvalue weighted by atomic mass is 10.0. The maximum Gasteiger partial charge on any atom is 0.255 e. The Morgan fingerprint density at radius 1 is 0.882 bits per heavy atom. The first-order valence-corrected chi connectivity index (χ1v) is 12.6. The number of nitrogens with one attached hydrogen (secondary N) is 2. The van der Waals surface area contributed by atoms with Crippen molar-refractivity contribution >= 4 is 21.7 Å². The van der Waals surface area contributed by atoms with Gasteiger partial charge in [0.05, 0.1) is 23.0 Å². The van der Waals surface area contributed by atoms with E-state index in [2.05, 4.69) is 10.0 Å². The van der Waals surface area contributed by atoms with Crippen LogP contribution in [0.15, 0.2) is 89.8 Å². The Morgan fingerprint density at radius 2 is 1.50 bits per heavy atom. The number of benzene rings is 3. The minimum atomic E-state index is -3.83. The molecule has 0 heterocycles. The summed E-state index contributed by atoms with van der Waals surface area (Å²) in [7, 11) is -3.83. The van der Waals surface area contributed by atoms with Crippen molar-refractivity contribution in [2.24, 2.45) is 0 Å². The van der Waals surface area contributed by atoms with Gasteiger partial charge in [-0.3, -0.25) is 9.59 Å². The second kappa shape index (κ2) is 12.1. The molecule has 34 heavy (non-hydrogen) atoms. The van der Waals surface area contributed by atoms with Crippen molar-refractivity contribution < 1.29 is 22.7 Å². The maximum absolute atomic E-state index is 13.1. The standard InChI is InChI=1S/C26H28N2O5S/c1-2-3-17-23(24(29)19-27-34(31,32)21-14-8-5-9-15-21)28-26(30)22-16-10-11-18-25(22)33-20-12-6-4-7-13-20/h4-16,18,23,27H,2-3,17,19H2,1H3,(H,28,30). The Bertz CT molecular complexity index is 1200. The molecule has 178 valence electrons. The van der Waals surface area contributed by atoms with Crippen LogP contribution in [-0.2, 0) is 14.8 Å². The summed E-state index contributed by atoms with van der Waals surface area (Å²) in [5.74, 6) is 0.0593. The van der Waals surface area contributed by atoms with Gasteiger partial charge in [-0.2, -0.15) is 0 Å². The summed E-state index contributed by atoms with van der Waals surface area (Å²) in [6.45, 7) is 1.55. The van der Waals surface area contributed by atoms with E-state index >= 15 is 0 Å². The van der Waals surface area contributed by atoms with Crippen LogP contribution in [0, 0.1) is 0 Å². The fraction of sp³-hybridized carbons (Fsp3) is 0.231. The smallest absolute Gasteiger partial charge is 0.255 e. The number of amides is 1. The van der Waals surface area contributed by atoms with Crippen molar-refractivity contribution in [2.45, 2.75) is 37.1 Å². The molecule has 0 radical (unpaired) electrons. The van der Waals surface area contributed by atoms with Crippen LogP contribution in [0.25, 0.3) is 0 Å². The molecular weight excluding hydrogens is 452 g/mol. The van der Waals surface area contributed by atoms with E-state index in [1.807, 2.05) is 25.1 Å². The van der Waals surface area contributed by atoms with Crippen LogP contribution < -0.4 is 14.8 Å². The lowest BCUT2D eigenvalue weighted by molar-refractivity contribution is -0.120. The van der Waals surface area contributed by atoms with Gasteiger partial charge in [0, 0.05) is 0 Å². The first kappa shape index (κ1) is 25.1. The van der Waals surface area contributed by atoms with Gasteiger partial charge in [-0.25, -0.2) is 13.1 Å². The van der Waals surface area contributed by atoms with Crippen molar-refractivity contribution in [2.75, 3.05) is 6.54 Å². The first-order valence-electron chi connectivity index (χ1n) is 11.1. The number of carbonyl (C=O) groups excluding carboxylic acids is 2. The van der Waals surface area contributed by atoms with E-state index in [1.54, 1.807) is 54.6 Å². The SMILES string of the molecule is CCCCC(NC(=O)c1ccccc1Oc1ccccc1)C(=O)CNS(=O)(=O)c1ccccc1. The second-order valence-electron chi connectivity index (χ2n) is 7.68. The van der Waals surface area contributed by atoms with E-state index in [4.69, 9.17) is 4.74 Å². The zero-order valence-corrected chi connectivity index (χ0v) is 19.8. The average Bonchev–Trinajstić information content (AvgIpc) is 2.86. The molecular formula is C26H28N2O5S. The van der Waals surface area contributed by atoms with Gasteiger partial charge in [0.2, 0.25) is 10.0 Å². The maximum atomic E-state index is 13.1. The topological polar surface area (TPSA) is 102 Å². The molecule has 3 rings (SSSR count). The number of Topliss-reactive ketones (excluding diaryl/α,β-unsaturated/α-hetero) is 1. The van der Waals surface area contributed by atoms with Crippen LogP contribution in [0.3, 0.4) is 0 Å². The molecule has 1 amide bonds. The summed E-state index contributed by atoms with van der Waals surface area (Å²) in [5.41, 5.74) is 0.283. The monoisotopic (exact) mass is 480 g/mol. The van der Waals surface area contributed by atoms with Crippen LogP contribution >= 0.6 is 0 Å². The number of rotatable bonds is 12. The molecule has 0 saturated heterocycles. The van der Waals surface area contributed by atoms with E-state index in [9.17, 15) is 18.0 Å². The summed E-state index contributed by atoms with van der Waals surface area (Å²) >= 11 is 0. The quantitative estimate of drug-likeness (QED) is 0.402. The normalized spacial score (nSPS) is 12.0. The lowest BCUT2D eigenvalue weighted by Crippen LogP contribution is -2.45. The van der Waals surface area contributed by atoms with E-state index in [-0.39, 0.29) is 10.5 Å². The first-order chi connectivity index (χ1) is 16.4. The van der Waals surface area contributed by atoms with Gasteiger partial charge in [-0.05, 0) is 42.8 Å². The average molecular weight is 481 g/mol. The van der Waals surface area contributed by atoms with Crippen LogP contribution in [0.2, 0.25) is 0 Å². The van der Waals surface area contributed by atoms with Gasteiger partial charge in [0.15, 0.2) is 5.78 Å². The number of para-hydroxylation sites is 2. The molecule has 0 aromatic heterocycles. The Kier molecular flexibility index (Phi) is 8.95. The number of ketones is 1. The predicted octanol–water partition coefficient (Wildman–Crippen LogP) is 4.32. The highest BCUT2D eigenvalue weighted by atomic mass is 32.2. The summed E-state index contributed by atoms with van der Waals surface area (Å²) in [4.78, 5) is 26.0. The molecule has 0 aliphatic heterocycles. The number of hydrogen-bond acceptors (Lipinski definition) is 5. The van der Waals surface area contributed by atoms with E-state index in [0.717, 1.165) is 6.42 Å². The molecule has 1 atom stereocenters. The third-order valence-corrected chi connectivity index (χ3v) is 6.55. The molecule has 0 spiro atoms. The summed E-state index contributed by atoms with van der Waals surface area (Å²) in [6.07, 6.45) is 1.92. The number of ether oxygens (including phenoxy) is 1. The number of hydrogen-bond donors (Lipinski definition) is 2. The van der Waals surface area contributed by atoms with Crippen LogP contribution in [0.1, 0.15) is 36.5 Å². The molecule has 3 aromatic rings. The second-order valence-corrected chi connectivity index (χ2v) is 9.45. The van der Waals surface area contributed by atoms with Gasteiger partial charge in [0.1, 0.15) is 11.5 Å². The van der Waals surface area contributed by atoms with Crippen molar-refractivity contribution in [3.8, 4) is 11.5 Å². The molecule has 8 heteroatoms. The predicted molar refractivity (Wildman–Crippen MR) is 130 cm³/mol. The Morgan fingerprint density at radius 3 is 2.18 bits per heavy atom. The van der Waals surface area contributed by atoms with Crippen LogP contribution in [-0.4, -0.2) is 32.7 Å². The van der Waals surface area contributed by atoms with Crippen molar-refractivity contribution in [1.82, 2.24) is 10.0 Å². The molecule has 0 saturated carbocycles. The molecule has 7 nitrogen and oxygen atoms in total. The zero-order valence-electron chi connectivity index (χ0n) is 18.9. The molecule has 3 aromatic carbocycles. The van der Waals surface area contributed by atoms with Crippen molar-refractivity contribution in [1.29, 1.82) is 0 Å². The van der Waals surface area contributed by atoms with E-state index in [0.29, 0.717) is 24.3 Å². The minimum Gasteiger partial charge on any atom is -0.457 e. The highest BCUT2D eigenvalue weighted by Gasteiger charge is 2.24. The molecule has 1 unspecified atom stereocenters. The number of unbranched alkanes of at least 4 members (excludes halogenated alkanes) is 1. The zero-order chi connectivity index (χ0) is 24.4. The van der Waals surface area contributed by atoms with Crippen molar-refractivity contribution in [3.63, 3.8) is 0 Å². The lowest BCUT2D eigenvalue weighted by Gasteiger charge is -2.19. The molecule has 0 fully saturated rings. The summed E-state index contributed by atoms with van der Waals surface area (Å²) < 4.78 is 33.1. The van der Waals surface area contributed by atoms with Gasteiger partial charge < -0.3 is 10.1 Å². The number of sulfonamides is 1. The Labute approximate surface area is 200 Å². The number of carbonyl (C=O) groups is 2. The van der Waals surface area contributed by atoms with Gasteiger partial charge in [0.25, 0.3) is 5.91 Å². The van der Waals surface area contributed by atoms with Gasteiger partial charge in [-0.15, -0.1) is 0 Å². The summed E-state index contributed by atoms with van der Waals surface area (Å²) in [5, 5.41) is 2.77. The summed E-state index contributed by atoms with van der Waals surface area (Å²) in [6, 6.07) is 22.8. The molecule has 0 bridgehead atoms. The third kappa shape index (κ3) is 7.00. The van der Waals surface area contributed by atoms with Crippen LogP contribution in [0.5, 0.6) is 11.5 Å². The van der Waals surface area contributed by atoms with E-state index in [1.165, 1.54) is 12.1 Å². The molecule has 0 aliphatic carbocycles.